The molecule has 0 radical (unpaired) electrons. The van der Waals surface area contributed by atoms with Gasteiger partial charge in [0.2, 0.25) is 16.8 Å². The van der Waals surface area contributed by atoms with E-state index >= 15 is 0 Å². The van der Waals surface area contributed by atoms with Gasteiger partial charge in [0.1, 0.15) is 9.77 Å². The van der Waals surface area contributed by atoms with Crippen molar-refractivity contribution in [2.24, 2.45) is 0 Å². The third-order valence-electron chi connectivity index (χ3n) is 5.01. The van der Waals surface area contributed by atoms with E-state index in [2.05, 4.69) is 5.32 Å². The van der Waals surface area contributed by atoms with Gasteiger partial charge in [-0.15, -0.1) is 11.3 Å². The molecule has 2 aromatic rings. The molecule has 150 valence electrons. The first kappa shape index (κ1) is 19.2. The van der Waals surface area contributed by atoms with Crippen molar-refractivity contribution < 1.29 is 22.7 Å². The van der Waals surface area contributed by atoms with Crippen molar-refractivity contribution >= 4 is 27.3 Å². The van der Waals surface area contributed by atoms with E-state index in [1.54, 1.807) is 11.4 Å². The minimum atomic E-state index is -3.66. The standard InChI is InChI=1S/C19H22N2O5S2/c1-13(14-5-6-15-16(11-14)26-12-25-15)20-19(22)18-17(7-10-27-18)28(23,24)21-8-3-2-4-9-21/h5-7,10-11,13H,2-4,8-9,12H2,1H3,(H,20,22). The topological polar surface area (TPSA) is 84.9 Å². The lowest BCUT2D eigenvalue weighted by Gasteiger charge is -2.26. The van der Waals surface area contributed by atoms with Gasteiger partial charge in [-0.3, -0.25) is 4.79 Å². The van der Waals surface area contributed by atoms with Crippen LogP contribution in [0.3, 0.4) is 0 Å². The summed E-state index contributed by atoms with van der Waals surface area (Å²) in [6, 6.07) is 6.70. The van der Waals surface area contributed by atoms with Gasteiger partial charge in [-0.1, -0.05) is 12.5 Å². The van der Waals surface area contributed by atoms with Gasteiger partial charge in [0.15, 0.2) is 11.5 Å². The summed E-state index contributed by atoms with van der Waals surface area (Å²) in [6.45, 7) is 3.05. The van der Waals surface area contributed by atoms with Crippen molar-refractivity contribution in [2.75, 3.05) is 19.9 Å². The molecule has 0 spiro atoms. The zero-order chi connectivity index (χ0) is 19.7. The molecule has 1 N–H and O–H groups in total. The normalized spacial score (nSPS) is 18.0. The molecule has 0 bridgehead atoms. The van der Waals surface area contributed by atoms with E-state index in [-0.39, 0.29) is 22.6 Å². The van der Waals surface area contributed by atoms with E-state index in [0.29, 0.717) is 24.6 Å². The highest BCUT2D eigenvalue weighted by atomic mass is 32.2. The monoisotopic (exact) mass is 422 g/mol. The molecule has 0 aliphatic carbocycles. The van der Waals surface area contributed by atoms with Crippen LogP contribution in [0.4, 0.5) is 0 Å². The molecule has 3 heterocycles. The van der Waals surface area contributed by atoms with Crippen LogP contribution in [0, 0.1) is 0 Å². The molecule has 2 aliphatic heterocycles. The Balaban J connectivity index is 1.52. The highest BCUT2D eigenvalue weighted by Gasteiger charge is 2.31. The molecule has 4 rings (SSSR count). The van der Waals surface area contributed by atoms with Gasteiger partial charge < -0.3 is 14.8 Å². The molecule has 2 aliphatic rings. The van der Waals surface area contributed by atoms with Crippen LogP contribution < -0.4 is 14.8 Å². The minimum absolute atomic E-state index is 0.0924. The molecular formula is C19H22N2O5S2. The van der Waals surface area contributed by atoms with Gasteiger partial charge in [0.25, 0.3) is 5.91 Å². The Kier molecular flexibility index (Phi) is 5.31. The Hall–Kier alpha value is -2.10. The number of piperidine rings is 1. The number of ether oxygens (including phenoxy) is 2. The van der Waals surface area contributed by atoms with Crippen molar-refractivity contribution in [3.05, 3.63) is 40.1 Å². The predicted molar refractivity (Wildman–Crippen MR) is 105 cm³/mol. The van der Waals surface area contributed by atoms with Crippen molar-refractivity contribution in [1.29, 1.82) is 0 Å². The molecule has 1 aromatic carbocycles. The van der Waals surface area contributed by atoms with Crippen molar-refractivity contribution in [3.8, 4) is 11.5 Å². The molecule has 28 heavy (non-hydrogen) atoms. The molecular weight excluding hydrogens is 400 g/mol. The maximum Gasteiger partial charge on any atom is 0.263 e. The predicted octanol–water partition coefficient (Wildman–Crippen LogP) is 3.14. The van der Waals surface area contributed by atoms with Crippen LogP contribution in [0.15, 0.2) is 34.5 Å². The molecule has 1 saturated heterocycles. The molecule has 7 nitrogen and oxygen atoms in total. The Morgan fingerprint density at radius 3 is 2.68 bits per heavy atom. The van der Waals surface area contributed by atoms with Crippen molar-refractivity contribution in [1.82, 2.24) is 9.62 Å². The summed E-state index contributed by atoms with van der Waals surface area (Å²) in [5.74, 6) is 0.925. The van der Waals surface area contributed by atoms with E-state index in [4.69, 9.17) is 9.47 Å². The maximum atomic E-state index is 13.0. The summed E-state index contributed by atoms with van der Waals surface area (Å²) >= 11 is 1.14. The van der Waals surface area contributed by atoms with Gasteiger partial charge in [-0.05, 0) is 48.9 Å². The number of carbonyl (C=O) groups excluding carboxylic acids is 1. The summed E-state index contributed by atoms with van der Waals surface area (Å²) in [7, 11) is -3.66. The first-order valence-corrected chi connectivity index (χ1v) is 11.6. The number of thiophene rings is 1. The Bertz CT molecular complexity index is 980. The molecule has 9 heteroatoms. The molecule has 1 amide bonds. The van der Waals surface area contributed by atoms with Crippen molar-refractivity contribution in [3.63, 3.8) is 0 Å². The number of nitrogens with one attached hydrogen (secondary N) is 1. The lowest BCUT2D eigenvalue weighted by atomic mass is 10.1. The summed E-state index contributed by atoms with van der Waals surface area (Å²) in [5.41, 5.74) is 0.856. The fourth-order valence-corrected chi connectivity index (χ4v) is 6.26. The fourth-order valence-electron chi connectivity index (χ4n) is 3.44. The zero-order valence-corrected chi connectivity index (χ0v) is 17.1. The quantitative estimate of drug-likeness (QED) is 0.800. The van der Waals surface area contributed by atoms with Crippen LogP contribution in [-0.4, -0.2) is 38.5 Å². The number of hydrogen-bond donors (Lipinski definition) is 1. The SMILES string of the molecule is CC(NC(=O)c1sccc1S(=O)(=O)N1CCCCC1)c1ccc2c(c1)OCO2. The Labute approximate surface area is 168 Å². The lowest BCUT2D eigenvalue weighted by Crippen LogP contribution is -2.36. The zero-order valence-electron chi connectivity index (χ0n) is 15.5. The lowest BCUT2D eigenvalue weighted by molar-refractivity contribution is 0.0940. The van der Waals surface area contributed by atoms with Gasteiger partial charge in [0, 0.05) is 13.1 Å². The third-order valence-corrected chi connectivity index (χ3v) is 8.00. The van der Waals surface area contributed by atoms with E-state index < -0.39 is 15.9 Å². The number of fused-ring (bicyclic) bond motifs is 1. The van der Waals surface area contributed by atoms with Crippen LogP contribution in [0.25, 0.3) is 0 Å². The summed E-state index contributed by atoms with van der Waals surface area (Å²) < 4.78 is 38.1. The average molecular weight is 423 g/mol. The van der Waals surface area contributed by atoms with E-state index in [9.17, 15) is 13.2 Å². The van der Waals surface area contributed by atoms with Gasteiger partial charge in [0.05, 0.1) is 6.04 Å². The smallest absolute Gasteiger partial charge is 0.263 e. The molecule has 1 aromatic heterocycles. The summed E-state index contributed by atoms with van der Waals surface area (Å²) in [6.07, 6.45) is 2.74. The molecule has 0 saturated carbocycles. The number of hydrogen-bond acceptors (Lipinski definition) is 6. The molecule has 1 fully saturated rings. The highest BCUT2D eigenvalue weighted by Crippen LogP contribution is 2.34. The number of amides is 1. The first-order chi connectivity index (χ1) is 13.5. The first-order valence-electron chi connectivity index (χ1n) is 9.25. The second-order valence-corrected chi connectivity index (χ2v) is 9.71. The molecule has 1 atom stereocenters. The van der Waals surface area contributed by atoms with Crippen LogP contribution in [0.1, 0.15) is 47.5 Å². The van der Waals surface area contributed by atoms with Gasteiger partial charge >= 0.3 is 0 Å². The van der Waals surface area contributed by atoms with Crippen LogP contribution in [0.2, 0.25) is 0 Å². The number of sulfonamides is 1. The number of rotatable bonds is 5. The summed E-state index contributed by atoms with van der Waals surface area (Å²) in [5, 5.41) is 4.55. The highest BCUT2D eigenvalue weighted by molar-refractivity contribution is 7.89. The van der Waals surface area contributed by atoms with Crippen LogP contribution >= 0.6 is 11.3 Å². The fraction of sp³-hybridized carbons (Fsp3) is 0.421. The second kappa shape index (κ2) is 7.73. The Morgan fingerprint density at radius 1 is 1.14 bits per heavy atom. The minimum Gasteiger partial charge on any atom is -0.454 e. The Morgan fingerprint density at radius 2 is 1.89 bits per heavy atom. The van der Waals surface area contributed by atoms with E-state index in [1.807, 2.05) is 19.1 Å². The van der Waals surface area contributed by atoms with E-state index in [0.717, 1.165) is 36.2 Å². The molecule has 1 unspecified atom stereocenters. The van der Waals surface area contributed by atoms with Crippen LogP contribution in [-0.2, 0) is 10.0 Å². The van der Waals surface area contributed by atoms with Gasteiger partial charge in [-0.25, -0.2) is 8.42 Å². The second-order valence-electron chi connectivity index (χ2n) is 6.89. The van der Waals surface area contributed by atoms with Gasteiger partial charge in [-0.2, -0.15) is 4.31 Å². The average Bonchev–Trinajstić information content (AvgIpc) is 3.37. The number of benzene rings is 1. The third kappa shape index (κ3) is 3.61. The van der Waals surface area contributed by atoms with Crippen LogP contribution in [0.5, 0.6) is 11.5 Å². The number of nitrogens with zero attached hydrogens (tertiary/aromatic N) is 1. The number of carbonyl (C=O) groups is 1. The van der Waals surface area contributed by atoms with E-state index in [1.165, 1.54) is 10.4 Å². The van der Waals surface area contributed by atoms with Crippen molar-refractivity contribution in [2.45, 2.75) is 37.1 Å². The maximum absolute atomic E-state index is 13.0. The summed E-state index contributed by atoms with van der Waals surface area (Å²) in [4.78, 5) is 13.1. The largest absolute Gasteiger partial charge is 0.454 e.